The van der Waals surface area contributed by atoms with E-state index in [2.05, 4.69) is 70.4 Å². The van der Waals surface area contributed by atoms with Crippen molar-refractivity contribution in [3.8, 4) is 0 Å². The first kappa shape index (κ1) is 26.0. The molecule has 3 rings (SSSR count). The van der Waals surface area contributed by atoms with Crippen molar-refractivity contribution in [2.75, 3.05) is 25.1 Å². The van der Waals surface area contributed by atoms with Crippen LogP contribution in [-0.4, -0.2) is 31.6 Å². The van der Waals surface area contributed by atoms with Gasteiger partial charge in [0.1, 0.15) is 0 Å². The second-order valence-electron chi connectivity index (χ2n) is 10.9. The molecule has 5 nitrogen and oxygen atoms in total. The van der Waals surface area contributed by atoms with E-state index in [0.717, 1.165) is 31.4 Å². The number of nitrogens with one attached hydrogen (secondary N) is 2. The molecule has 0 aromatic heterocycles. The highest BCUT2D eigenvalue weighted by molar-refractivity contribution is 5.91. The molecule has 1 heterocycles. The number of benzene rings is 1. The number of amides is 2. The van der Waals surface area contributed by atoms with Crippen LogP contribution in [-0.2, 0) is 9.47 Å². The lowest BCUT2D eigenvalue weighted by molar-refractivity contribution is -0.327. The molecule has 0 radical (unpaired) electrons. The summed E-state index contributed by atoms with van der Waals surface area (Å²) in [4.78, 5) is 13.1. The second-order valence-corrected chi connectivity index (χ2v) is 10.9. The molecule has 2 aliphatic rings. The van der Waals surface area contributed by atoms with E-state index >= 15 is 0 Å². The van der Waals surface area contributed by atoms with Crippen LogP contribution < -0.4 is 10.6 Å². The van der Waals surface area contributed by atoms with Gasteiger partial charge in [-0.2, -0.15) is 0 Å². The molecule has 1 saturated carbocycles. The minimum atomic E-state index is -0.718. The number of urea groups is 1. The monoisotopic (exact) mass is 458 g/mol. The molecule has 2 N–H and O–H groups in total. The third kappa shape index (κ3) is 5.92. The fraction of sp³-hybridized carbons (Fsp3) is 0.750. The van der Waals surface area contributed by atoms with Gasteiger partial charge in [0.05, 0.1) is 19.8 Å². The number of ether oxygens (including phenoxy) is 2. The summed E-state index contributed by atoms with van der Waals surface area (Å²) in [5.74, 6) is 0.263. The number of hydrogen-bond acceptors (Lipinski definition) is 3. The molecule has 1 aromatic carbocycles. The van der Waals surface area contributed by atoms with E-state index < -0.39 is 5.79 Å². The molecule has 2 fully saturated rings. The molecule has 1 aromatic rings. The van der Waals surface area contributed by atoms with Gasteiger partial charge in [-0.25, -0.2) is 4.79 Å². The van der Waals surface area contributed by atoms with Crippen molar-refractivity contribution in [3.63, 3.8) is 0 Å². The lowest BCUT2D eigenvalue weighted by Gasteiger charge is -2.50. The number of carbonyl (C=O) groups excluding carboxylic acids is 1. The fourth-order valence-electron chi connectivity index (χ4n) is 5.37. The summed E-state index contributed by atoms with van der Waals surface area (Å²) < 4.78 is 13.1. The Kier molecular flexibility index (Phi) is 8.85. The molecule has 0 spiro atoms. The molecule has 1 aliphatic carbocycles. The summed E-state index contributed by atoms with van der Waals surface area (Å²) in [7, 11) is 0. The average Bonchev–Trinajstić information content (AvgIpc) is 2.83. The van der Waals surface area contributed by atoms with Gasteiger partial charge in [-0.05, 0) is 48.6 Å². The summed E-state index contributed by atoms with van der Waals surface area (Å²) in [6, 6.07) is 6.12. The zero-order valence-electron chi connectivity index (χ0n) is 21.8. The molecular weight excluding hydrogens is 412 g/mol. The van der Waals surface area contributed by atoms with Crippen molar-refractivity contribution < 1.29 is 14.3 Å². The van der Waals surface area contributed by atoms with Crippen LogP contribution in [0.15, 0.2) is 18.2 Å². The van der Waals surface area contributed by atoms with E-state index in [1.165, 1.54) is 30.4 Å². The largest absolute Gasteiger partial charge is 0.347 e. The predicted octanol–water partition coefficient (Wildman–Crippen LogP) is 7.18. The summed E-state index contributed by atoms with van der Waals surface area (Å²) >= 11 is 0. The zero-order chi connectivity index (χ0) is 24.1. The quantitative estimate of drug-likeness (QED) is 0.433. The van der Waals surface area contributed by atoms with Crippen LogP contribution in [0.4, 0.5) is 10.5 Å². The van der Waals surface area contributed by atoms with Gasteiger partial charge in [0.2, 0.25) is 0 Å². The average molecular weight is 459 g/mol. The smallest absolute Gasteiger partial charge is 0.319 e. The SMILES string of the molecule is CCC1(CC)COC(CNC(=O)Nc2c(C(C)C)cccc2C(C)C)(C2CCCCC2)OC1. The first-order valence-electron chi connectivity index (χ1n) is 13.2. The van der Waals surface area contributed by atoms with Crippen molar-refractivity contribution in [1.82, 2.24) is 5.32 Å². The van der Waals surface area contributed by atoms with E-state index in [9.17, 15) is 4.79 Å². The van der Waals surface area contributed by atoms with Crippen LogP contribution in [0.2, 0.25) is 0 Å². The Morgan fingerprint density at radius 3 is 2.00 bits per heavy atom. The second kappa shape index (κ2) is 11.2. The summed E-state index contributed by atoms with van der Waals surface area (Å²) in [6.07, 6.45) is 7.97. The maximum absolute atomic E-state index is 13.1. The number of rotatable bonds is 8. The van der Waals surface area contributed by atoms with Gasteiger partial charge >= 0.3 is 6.03 Å². The molecule has 33 heavy (non-hydrogen) atoms. The molecular formula is C28H46N2O3. The Labute approximate surface area is 201 Å². The van der Waals surface area contributed by atoms with E-state index in [1.807, 2.05) is 0 Å². The van der Waals surface area contributed by atoms with Gasteiger partial charge in [0.25, 0.3) is 0 Å². The minimum Gasteiger partial charge on any atom is -0.347 e. The Morgan fingerprint density at radius 2 is 1.52 bits per heavy atom. The number of carbonyl (C=O) groups is 1. The third-order valence-electron chi connectivity index (χ3n) is 8.08. The maximum atomic E-state index is 13.1. The molecule has 5 heteroatoms. The van der Waals surface area contributed by atoms with Crippen molar-refractivity contribution in [3.05, 3.63) is 29.3 Å². The Morgan fingerprint density at radius 1 is 0.970 bits per heavy atom. The summed E-state index contributed by atoms with van der Waals surface area (Å²) in [5, 5.41) is 6.31. The van der Waals surface area contributed by atoms with Crippen molar-refractivity contribution in [2.24, 2.45) is 11.3 Å². The summed E-state index contributed by atoms with van der Waals surface area (Å²) in [5.41, 5.74) is 3.36. The number of hydrogen-bond donors (Lipinski definition) is 2. The molecule has 0 bridgehead atoms. The highest BCUT2D eigenvalue weighted by atomic mass is 16.7. The van der Waals surface area contributed by atoms with Gasteiger partial charge in [-0.3, -0.25) is 0 Å². The van der Waals surface area contributed by atoms with Crippen LogP contribution in [0.1, 0.15) is 109 Å². The van der Waals surface area contributed by atoms with E-state index in [4.69, 9.17) is 9.47 Å². The van der Waals surface area contributed by atoms with Gasteiger partial charge in [0, 0.05) is 17.0 Å². The van der Waals surface area contributed by atoms with Crippen LogP contribution in [0.5, 0.6) is 0 Å². The van der Waals surface area contributed by atoms with Crippen LogP contribution in [0.3, 0.4) is 0 Å². The Bertz CT molecular complexity index is 743. The maximum Gasteiger partial charge on any atom is 0.319 e. The fourth-order valence-corrected chi connectivity index (χ4v) is 5.37. The highest BCUT2D eigenvalue weighted by Gasteiger charge is 2.48. The van der Waals surface area contributed by atoms with Crippen molar-refractivity contribution in [2.45, 2.75) is 104 Å². The summed E-state index contributed by atoms with van der Waals surface area (Å²) in [6.45, 7) is 14.9. The topological polar surface area (TPSA) is 59.6 Å². The Hall–Kier alpha value is -1.59. The first-order chi connectivity index (χ1) is 15.8. The predicted molar refractivity (Wildman–Crippen MR) is 136 cm³/mol. The normalized spacial score (nSPS) is 20.7. The molecule has 1 aliphatic heterocycles. The van der Waals surface area contributed by atoms with Gasteiger partial charge < -0.3 is 20.1 Å². The van der Waals surface area contributed by atoms with Gasteiger partial charge in [-0.1, -0.05) is 79.0 Å². The zero-order valence-corrected chi connectivity index (χ0v) is 21.8. The van der Waals surface area contributed by atoms with Crippen LogP contribution in [0, 0.1) is 11.3 Å². The van der Waals surface area contributed by atoms with Gasteiger partial charge in [-0.15, -0.1) is 0 Å². The third-order valence-corrected chi connectivity index (χ3v) is 8.08. The first-order valence-corrected chi connectivity index (χ1v) is 13.2. The molecule has 186 valence electrons. The highest BCUT2D eigenvalue weighted by Crippen LogP contribution is 2.43. The van der Waals surface area contributed by atoms with Crippen LogP contribution >= 0.6 is 0 Å². The van der Waals surface area contributed by atoms with E-state index in [-0.39, 0.29) is 11.4 Å². The molecule has 2 amide bonds. The molecule has 0 unspecified atom stereocenters. The lowest BCUT2D eigenvalue weighted by Crippen LogP contribution is -2.59. The van der Waals surface area contributed by atoms with Crippen molar-refractivity contribution >= 4 is 11.7 Å². The lowest BCUT2D eigenvalue weighted by atomic mass is 9.79. The Balaban J connectivity index is 1.75. The molecule has 1 saturated heterocycles. The van der Waals surface area contributed by atoms with Gasteiger partial charge in [0.15, 0.2) is 5.79 Å². The van der Waals surface area contributed by atoms with Crippen LogP contribution in [0.25, 0.3) is 0 Å². The molecule has 0 atom stereocenters. The number of para-hydroxylation sites is 1. The minimum absolute atomic E-state index is 0.0861. The standard InChI is InChI=1S/C28H46N2O3/c1-7-27(8-2)18-32-28(33-19-27,22-13-10-9-11-14-22)17-29-26(31)30-25-23(20(3)4)15-12-16-24(25)21(5)6/h12,15-16,20-22H,7-11,13-14,17-19H2,1-6H3,(H2,29,30,31). The van der Waals surface area contributed by atoms with E-state index in [1.54, 1.807) is 0 Å². The van der Waals surface area contributed by atoms with Crippen molar-refractivity contribution in [1.29, 1.82) is 0 Å². The van der Waals surface area contributed by atoms with E-state index in [0.29, 0.717) is 37.5 Å². The number of anilines is 1.